The van der Waals surface area contributed by atoms with Crippen LogP contribution in [0.4, 0.5) is 0 Å². The molecule has 4 nitrogen and oxygen atoms in total. The van der Waals surface area contributed by atoms with E-state index in [4.69, 9.17) is 4.74 Å². The van der Waals surface area contributed by atoms with Gasteiger partial charge in [0.05, 0.1) is 18.9 Å². The molecule has 0 aliphatic carbocycles. The maximum Gasteiger partial charge on any atom is 0.105 e. The van der Waals surface area contributed by atoms with Gasteiger partial charge in [-0.15, -0.1) is 0 Å². The van der Waals surface area contributed by atoms with Crippen LogP contribution in [0.25, 0.3) is 0 Å². The lowest BCUT2D eigenvalue weighted by molar-refractivity contribution is 0.00489. The van der Waals surface area contributed by atoms with Gasteiger partial charge in [-0.05, 0) is 20.3 Å². The van der Waals surface area contributed by atoms with Gasteiger partial charge in [0.15, 0.2) is 0 Å². The van der Waals surface area contributed by atoms with Crippen molar-refractivity contribution in [2.75, 3.05) is 6.61 Å². The summed E-state index contributed by atoms with van der Waals surface area (Å²) in [6, 6.07) is 0. The number of aliphatic hydroxyl groups is 1. The largest absolute Gasteiger partial charge is 0.386 e. The molecule has 1 aromatic rings. The van der Waals surface area contributed by atoms with Crippen LogP contribution in [0.3, 0.4) is 0 Å². The van der Waals surface area contributed by atoms with E-state index < -0.39 is 6.10 Å². The summed E-state index contributed by atoms with van der Waals surface area (Å²) >= 11 is 0. The Morgan fingerprint density at radius 1 is 1.53 bits per heavy atom. The van der Waals surface area contributed by atoms with Crippen LogP contribution in [0.2, 0.25) is 0 Å². The molecule has 0 aromatic carbocycles. The molecule has 4 heteroatoms. The molecule has 86 valence electrons. The van der Waals surface area contributed by atoms with E-state index in [1.807, 2.05) is 24.7 Å². The zero-order valence-electron chi connectivity index (χ0n) is 9.68. The number of aryl methyl sites for hydroxylation is 1. The molecule has 0 aliphatic heterocycles. The normalized spacial score (nSPS) is 13.4. The van der Waals surface area contributed by atoms with Gasteiger partial charge in [0.1, 0.15) is 6.10 Å². The lowest BCUT2D eigenvalue weighted by Crippen LogP contribution is -2.11. The first-order valence-electron chi connectivity index (χ1n) is 5.45. The van der Waals surface area contributed by atoms with Gasteiger partial charge in [0.25, 0.3) is 0 Å². The first kappa shape index (κ1) is 12.2. The summed E-state index contributed by atoms with van der Waals surface area (Å²) in [7, 11) is 0. The number of ether oxygens (including phenoxy) is 1. The maximum atomic E-state index is 9.77. The summed E-state index contributed by atoms with van der Waals surface area (Å²) in [5, 5.41) is 13.9. The van der Waals surface area contributed by atoms with Crippen molar-refractivity contribution in [3.63, 3.8) is 0 Å². The van der Waals surface area contributed by atoms with Crippen molar-refractivity contribution in [1.82, 2.24) is 9.78 Å². The van der Waals surface area contributed by atoms with E-state index in [1.165, 1.54) is 0 Å². The Kier molecular flexibility index (Phi) is 4.78. The Morgan fingerprint density at radius 3 is 2.87 bits per heavy atom. The highest BCUT2D eigenvalue weighted by molar-refractivity contribution is 5.07. The molecular formula is C11H20N2O2. The second-order valence-corrected chi connectivity index (χ2v) is 3.93. The predicted molar refractivity (Wildman–Crippen MR) is 58.6 cm³/mol. The standard InChI is InChI=1S/C11H20N2O2/c1-4-5-13-7-10(6-12-13)11(14)8-15-9(2)3/h6-7,9,11,14H,4-5,8H2,1-3H3. The number of hydrogen-bond acceptors (Lipinski definition) is 3. The van der Waals surface area contributed by atoms with Crippen molar-refractivity contribution in [1.29, 1.82) is 0 Å². The Hall–Kier alpha value is -0.870. The predicted octanol–water partition coefficient (Wildman–Crippen LogP) is 1.75. The van der Waals surface area contributed by atoms with Gasteiger partial charge < -0.3 is 9.84 Å². The highest BCUT2D eigenvalue weighted by Gasteiger charge is 2.10. The Morgan fingerprint density at radius 2 is 2.27 bits per heavy atom. The zero-order valence-corrected chi connectivity index (χ0v) is 9.68. The first-order chi connectivity index (χ1) is 7.13. The topological polar surface area (TPSA) is 47.3 Å². The second kappa shape index (κ2) is 5.88. The van der Waals surface area contributed by atoms with Crippen molar-refractivity contribution >= 4 is 0 Å². The lowest BCUT2D eigenvalue weighted by atomic mass is 10.2. The van der Waals surface area contributed by atoms with Gasteiger partial charge in [-0.3, -0.25) is 4.68 Å². The van der Waals surface area contributed by atoms with Crippen molar-refractivity contribution < 1.29 is 9.84 Å². The molecule has 0 spiro atoms. The highest BCUT2D eigenvalue weighted by atomic mass is 16.5. The third-order valence-corrected chi connectivity index (χ3v) is 2.08. The molecule has 0 saturated heterocycles. The molecule has 0 radical (unpaired) electrons. The van der Waals surface area contributed by atoms with Crippen LogP contribution in [-0.2, 0) is 11.3 Å². The minimum Gasteiger partial charge on any atom is -0.386 e. The van der Waals surface area contributed by atoms with Gasteiger partial charge in [-0.2, -0.15) is 5.10 Å². The highest BCUT2D eigenvalue weighted by Crippen LogP contribution is 2.12. The van der Waals surface area contributed by atoms with E-state index in [-0.39, 0.29) is 6.10 Å². The molecule has 15 heavy (non-hydrogen) atoms. The molecule has 1 aromatic heterocycles. The van der Waals surface area contributed by atoms with E-state index in [0.717, 1.165) is 18.5 Å². The minimum atomic E-state index is -0.571. The SMILES string of the molecule is CCCn1cc(C(O)COC(C)C)cn1. The fourth-order valence-corrected chi connectivity index (χ4v) is 1.28. The zero-order chi connectivity index (χ0) is 11.3. The molecular weight excluding hydrogens is 192 g/mol. The third kappa shape index (κ3) is 4.01. The second-order valence-electron chi connectivity index (χ2n) is 3.93. The quantitative estimate of drug-likeness (QED) is 0.781. The van der Waals surface area contributed by atoms with Gasteiger partial charge in [0, 0.05) is 18.3 Å². The average Bonchev–Trinajstić information content (AvgIpc) is 2.63. The third-order valence-electron chi connectivity index (χ3n) is 2.08. The van der Waals surface area contributed by atoms with Crippen molar-refractivity contribution in [3.8, 4) is 0 Å². The molecule has 0 saturated carbocycles. The van der Waals surface area contributed by atoms with Crippen molar-refractivity contribution in [2.45, 2.75) is 45.9 Å². The van der Waals surface area contributed by atoms with Crippen LogP contribution < -0.4 is 0 Å². The molecule has 0 aliphatic rings. The van der Waals surface area contributed by atoms with Crippen LogP contribution in [0.5, 0.6) is 0 Å². The molecule has 1 atom stereocenters. The lowest BCUT2D eigenvalue weighted by Gasteiger charge is -2.11. The summed E-state index contributed by atoms with van der Waals surface area (Å²) in [5.74, 6) is 0. The molecule has 1 rings (SSSR count). The van der Waals surface area contributed by atoms with Crippen LogP contribution in [0, 0.1) is 0 Å². The summed E-state index contributed by atoms with van der Waals surface area (Å²) < 4.78 is 7.18. The van der Waals surface area contributed by atoms with E-state index in [9.17, 15) is 5.11 Å². The maximum absolute atomic E-state index is 9.77. The fraction of sp³-hybridized carbons (Fsp3) is 0.727. The Bertz CT molecular complexity index is 284. The summed E-state index contributed by atoms with van der Waals surface area (Å²) in [6.07, 6.45) is 4.19. The van der Waals surface area contributed by atoms with Gasteiger partial charge in [-0.1, -0.05) is 6.92 Å². The summed E-state index contributed by atoms with van der Waals surface area (Å²) in [4.78, 5) is 0. The van der Waals surface area contributed by atoms with Gasteiger partial charge in [-0.25, -0.2) is 0 Å². The molecule has 1 N–H and O–H groups in total. The number of hydrogen-bond donors (Lipinski definition) is 1. The molecule has 1 heterocycles. The molecule has 0 bridgehead atoms. The van der Waals surface area contributed by atoms with Crippen LogP contribution >= 0.6 is 0 Å². The average molecular weight is 212 g/mol. The van der Waals surface area contributed by atoms with Crippen LogP contribution in [-0.4, -0.2) is 27.6 Å². The van der Waals surface area contributed by atoms with E-state index in [0.29, 0.717) is 6.61 Å². The summed E-state index contributed by atoms with van der Waals surface area (Å²) in [6.45, 7) is 7.22. The number of aliphatic hydroxyl groups excluding tert-OH is 1. The van der Waals surface area contributed by atoms with Gasteiger partial charge >= 0.3 is 0 Å². The number of nitrogens with zero attached hydrogens (tertiary/aromatic N) is 2. The van der Waals surface area contributed by atoms with E-state index >= 15 is 0 Å². The van der Waals surface area contributed by atoms with Crippen molar-refractivity contribution in [3.05, 3.63) is 18.0 Å². The summed E-state index contributed by atoms with van der Waals surface area (Å²) in [5.41, 5.74) is 0.823. The monoisotopic (exact) mass is 212 g/mol. The smallest absolute Gasteiger partial charge is 0.105 e. The minimum absolute atomic E-state index is 0.144. The van der Waals surface area contributed by atoms with Gasteiger partial charge in [0.2, 0.25) is 0 Å². The van der Waals surface area contributed by atoms with E-state index in [2.05, 4.69) is 12.0 Å². The molecule has 0 fully saturated rings. The first-order valence-corrected chi connectivity index (χ1v) is 5.45. The van der Waals surface area contributed by atoms with Crippen LogP contribution in [0.15, 0.2) is 12.4 Å². The van der Waals surface area contributed by atoms with Crippen molar-refractivity contribution in [2.24, 2.45) is 0 Å². The fourth-order valence-electron chi connectivity index (χ4n) is 1.28. The Balaban J connectivity index is 2.46. The Labute approximate surface area is 90.9 Å². The number of rotatable bonds is 6. The molecule has 1 unspecified atom stereocenters. The van der Waals surface area contributed by atoms with E-state index in [1.54, 1.807) is 6.20 Å². The van der Waals surface area contributed by atoms with Crippen LogP contribution in [0.1, 0.15) is 38.9 Å². The molecule has 0 amide bonds. The number of aromatic nitrogens is 2.